The molecule has 0 fully saturated rings. The van der Waals surface area contributed by atoms with Gasteiger partial charge < -0.3 is 10.1 Å². The van der Waals surface area contributed by atoms with Crippen LogP contribution >= 0.6 is 0 Å². The lowest BCUT2D eigenvalue weighted by Gasteiger charge is -2.14. The number of benzene rings is 1. The maximum absolute atomic E-state index is 12.8. The number of nitro benzene ring substituents is 1. The molecule has 0 unspecified atom stereocenters. The Hall–Kier alpha value is -2.32. The molecule has 0 aliphatic carbocycles. The van der Waals surface area contributed by atoms with Crippen molar-refractivity contribution >= 4 is 17.3 Å². The normalized spacial score (nSPS) is 11.0. The van der Waals surface area contributed by atoms with Gasteiger partial charge in [0.25, 0.3) is 5.69 Å². The van der Waals surface area contributed by atoms with E-state index < -0.39 is 28.3 Å². The van der Waals surface area contributed by atoms with Gasteiger partial charge in [0.2, 0.25) is 0 Å². The fourth-order valence-electron chi connectivity index (χ4n) is 1.57. The van der Waals surface area contributed by atoms with Gasteiger partial charge in [0.05, 0.1) is 23.5 Å². The molecular formula is C12H13F3N2O4. The van der Waals surface area contributed by atoms with E-state index in [1.807, 2.05) is 0 Å². The quantitative estimate of drug-likeness (QED) is 0.496. The minimum atomic E-state index is -4.74. The number of hydrogen-bond donors (Lipinski definition) is 1. The Labute approximate surface area is 118 Å². The first-order valence-corrected chi connectivity index (χ1v) is 6.00. The van der Waals surface area contributed by atoms with Crippen LogP contribution in [0.2, 0.25) is 0 Å². The highest BCUT2D eigenvalue weighted by atomic mass is 19.4. The molecule has 0 aliphatic rings. The summed E-state index contributed by atoms with van der Waals surface area (Å²) in [5.74, 6) is -0.541. The minimum absolute atomic E-state index is 0.0697. The summed E-state index contributed by atoms with van der Waals surface area (Å²) in [5.41, 5.74) is -2.13. The van der Waals surface area contributed by atoms with Gasteiger partial charge in [-0.15, -0.1) is 0 Å². The molecule has 0 spiro atoms. The molecule has 0 bridgehead atoms. The molecule has 21 heavy (non-hydrogen) atoms. The van der Waals surface area contributed by atoms with Crippen LogP contribution in [0.1, 0.15) is 18.9 Å². The first kappa shape index (κ1) is 16.7. The molecule has 1 rings (SSSR count). The molecule has 0 amide bonds. The van der Waals surface area contributed by atoms with E-state index in [1.54, 1.807) is 6.92 Å². The molecular weight excluding hydrogens is 293 g/mol. The third-order valence-corrected chi connectivity index (χ3v) is 2.47. The molecule has 0 heterocycles. The van der Waals surface area contributed by atoms with Gasteiger partial charge in [-0.25, -0.2) is 0 Å². The number of non-ortho nitro benzene ring substituents is 1. The molecule has 1 aromatic carbocycles. The summed E-state index contributed by atoms with van der Waals surface area (Å²) in [5, 5.41) is 13.0. The Balaban J connectivity index is 2.86. The fourth-order valence-corrected chi connectivity index (χ4v) is 1.57. The van der Waals surface area contributed by atoms with E-state index in [9.17, 15) is 28.1 Å². The van der Waals surface area contributed by atoms with E-state index in [0.717, 1.165) is 12.1 Å². The number of carbonyl (C=O) groups is 1. The molecule has 1 aromatic rings. The molecule has 1 N–H and O–H groups in total. The second kappa shape index (κ2) is 6.91. The van der Waals surface area contributed by atoms with Crippen molar-refractivity contribution in [2.24, 2.45) is 0 Å². The summed E-state index contributed by atoms with van der Waals surface area (Å²) < 4.78 is 43.2. The number of esters is 1. The molecule has 0 aliphatic heterocycles. The van der Waals surface area contributed by atoms with Gasteiger partial charge in [0.15, 0.2) is 0 Å². The van der Waals surface area contributed by atoms with Gasteiger partial charge in [-0.3, -0.25) is 14.9 Å². The smallest absolute Gasteiger partial charge is 0.418 e. The van der Waals surface area contributed by atoms with Crippen molar-refractivity contribution < 1.29 is 27.6 Å². The van der Waals surface area contributed by atoms with Gasteiger partial charge >= 0.3 is 12.1 Å². The first-order valence-electron chi connectivity index (χ1n) is 6.00. The number of nitrogens with one attached hydrogen (secondary N) is 1. The largest absolute Gasteiger partial charge is 0.466 e. The van der Waals surface area contributed by atoms with Crippen molar-refractivity contribution in [2.75, 3.05) is 18.5 Å². The Morgan fingerprint density at radius 2 is 2.10 bits per heavy atom. The number of nitro groups is 1. The van der Waals surface area contributed by atoms with Crippen LogP contribution in [0.5, 0.6) is 0 Å². The molecule has 0 aromatic heterocycles. The van der Waals surface area contributed by atoms with Crippen LogP contribution in [0.15, 0.2) is 18.2 Å². The lowest BCUT2D eigenvalue weighted by atomic mass is 10.1. The minimum Gasteiger partial charge on any atom is -0.466 e. The Kier molecular flexibility index (Phi) is 5.51. The number of carbonyl (C=O) groups excluding carboxylic acids is 1. The zero-order valence-corrected chi connectivity index (χ0v) is 11.1. The van der Waals surface area contributed by atoms with Crippen LogP contribution in [0.3, 0.4) is 0 Å². The number of anilines is 1. The van der Waals surface area contributed by atoms with E-state index in [0.29, 0.717) is 6.07 Å². The van der Waals surface area contributed by atoms with Crippen molar-refractivity contribution in [2.45, 2.75) is 19.5 Å². The van der Waals surface area contributed by atoms with E-state index in [2.05, 4.69) is 10.1 Å². The van der Waals surface area contributed by atoms with E-state index >= 15 is 0 Å². The average Bonchev–Trinajstić information content (AvgIpc) is 2.37. The van der Waals surface area contributed by atoms with E-state index in [4.69, 9.17) is 0 Å². The Bertz CT molecular complexity index is 532. The predicted molar refractivity (Wildman–Crippen MR) is 67.8 cm³/mol. The van der Waals surface area contributed by atoms with Crippen LogP contribution in [0.4, 0.5) is 24.5 Å². The Morgan fingerprint density at radius 3 is 2.62 bits per heavy atom. The number of rotatable bonds is 6. The molecule has 9 heteroatoms. The van der Waals surface area contributed by atoms with Crippen LogP contribution in [0, 0.1) is 10.1 Å². The van der Waals surface area contributed by atoms with Crippen molar-refractivity contribution in [3.8, 4) is 0 Å². The van der Waals surface area contributed by atoms with E-state index in [1.165, 1.54) is 0 Å². The fraction of sp³-hybridized carbons (Fsp3) is 0.417. The third kappa shape index (κ3) is 4.93. The van der Waals surface area contributed by atoms with Gasteiger partial charge in [-0.1, -0.05) is 0 Å². The summed E-state index contributed by atoms with van der Waals surface area (Å²) in [7, 11) is 0. The molecule has 0 atom stereocenters. The molecule has 0 saturated heterocycles. The predicted octanol–water partition coefficient (Wildman–Crippen LogP) is 2.98. The summed E-state index contributed by atoms with van der Waals surface area (Å²) in [6.07, 6.45) is -4.85. The monoisotopic (exact) mass is 306 g/mol. The zero-order valence-electron chi connectivity index (χ0n) is 11.1. The zero-order chi connectivity index (χ0) is 16.0. The van der Waals surface area contributed by atoms with Crippen molar-refractivity contribution in [3.63, 3.8) is 0 Å². The third-order valence-electron chi connectivity index (χ3n) is 2.47. The first-order chi connectivity index (χ1) is 9.75. The van der Waals surface area contributed by atoms with Gasteiger partial charge in [0, 0.05) is 24.4 Å². The lowest BCUT2D eigenvalue weighted by Crippen LogP contribution is -2.15. The highest BCUT2D eigenvalue weighted by Crippen LogP contribution is 2.37. The topological polar surface area (TPSA) is 81.5 Å². The second-order valence-electron chi connectivity index (χ2n) is 3.97. The Morgan fingerprint density at radius 1 is 1.43 bits per heavy atom. The maximum atomic E-state index is 12.8. The standard InChI is InChI=1S/C12H13F3N2O4/c1-2-21-11(18)5-6-16-10-4-3-8(17(19)20)7-9(10)12(13,14)15/h3-4,7,16H,2,5-6H2,1H3. The number of ether oxygens (including phenoxy) is 1. The highest BCUT2D eigenvalue weighted by molar-refractivity contribution is 5.70. The van der Waals surface area contributed by atoms with E-state index in [-0.39, 0.29) is 25.3 Å². The van der Waals surface area contributed by atoms with Gasteiger partial charge in [-0.05, 0) is 13.0 Å². The number of alkyl halides is 3. The summed E-state index contributed by atoms with van der Waals surface area (Å²) in [6.45, 7) is 1.73. The van der Waals surface area contributed by atoms with Gasteiger partial charge in [0.1, 0.15) is 0 Å². The molecule has 116 valence electrons. The highest BCUT2D eigenvalue weighted by Gasteiger charge is 2.35. The van der Waals surface area contributed by atoms with Crippen LogP contribution in [-0.2, 0) is 15.7 Å². The van der Waals surface area contributed by atoms with Crippen molar-refractivity contribution in [1.29, 1.82) is 0 Å². The molecule has 0 radical (unpaired) electrons. The number of halogens is 3. The average molecular weight is 306 g/mol. The van der Waals surface area contributed by atoms with Crippen LogP contribution < -0.4 is 5.32 Å². The van der Waals surface area contributed by atoms with Crippen molar-refractivity contribution in [1.82, 2.24) is 0 Å². The number of hydrogen-bond acceptors (Lipinski definition) is 5. The summed E-state index contributed by atoms with van der Waals surface area (Å²) in [4.78, 5) is 20.7. The van der Waals surface area contributed by atoms with Crippen LogP contribution in [0.25, 0.3) is 0 Å². The maximum Gasteiger partial charge on any atom is 0.418 e. The molecule has 0 saturated carbocycles. The lowest BCUT2D eigenvalue weighted by molar-refractivity contribution is -0.385. The summed E-state index contributed by atoms with van der Waals surface area (Å²) in [6, 6.07) is 2.38. The molecule has 6 nitrogen and oxygen atoms in total. The SMILES string of the molecule is CCOC(=O)CCNc1ccc([N+](=O)[O-])cc1C(F)(F)F. The van der Waals surface area contributed by atoms with Crippen LogP contribution in [-0.4, -0.2) is 24.0 Å². The summed E-state index contributed by atoms with van der Waals surface area (Å²) >= 11 is 0. The number of nitrogens with zero attached hydrogens (tertiary/aromatic N) is 1. The van der Waals surface area contributed by atoms with Gasteiger partial charge in [-0.2, -0.15) is 13.2 Å². The van der Waals surface area contributed by atoms with Crippen molar-refractivity contribution in [3.05, 3.63) is 33.9 Å². The second-order valence-corrected chi connectivity index (χ2v) is 3.97.